The van der Waals surface area contributed by atoms with Gasteiger partial charge in [0.05, 0.1) is 33.9 Å². The van der Waals surface area contributed by atoms with Crippen LogP contribution in [0.3, 0.4) is 0 Å². The smallest absolute Gasteiger partial charge is 0.322 e. The van der Waals surface area contributed by atoms with Gasteiger partial charge in [-0.2, -0.15) is 4.39 Å². The summed E-state index contributed by atoms with van der Waals surface area (Å²) in [7, 11) is -0.184. The Morgan fingerprint density at radius 1 is 1.19 bits per heavy atom. The molecule has 1 aromatic heterocycles. The first-order chi connectivity index (χ1) is 19.7. The number of rotatable bonds is 10. The lowest BCUT2D eigenvalue weighted by molar-refractivity contribution is -0.139. The molecule has 12 nitrogen and oxygen atoms in total. The fourth-order valence-electron chi connectivity index (χ4n) is 4.00. The molecule has 222 valence electrons. The van der Waals surface area contributed by atoms with Crippen LogP contribution in [0.25, 0.3) is 0 Å². The van der Waals surface area contributed by atoms with Gasteiger partial charge in [0.1, 0.15) is 23.5 Å². The Morgan fingerprint density at radius 3 is 2.52 bits per heavy atom. The van der Waals surface area contributed by atoms with Crippen LogP contribution in [0, 0.1) is 17.0 Å². The molecule has 0 radical (unpaired) electrons. The Labute approximate surface area is 241 Å². The number of carbonyl (C=O) groups is 1. The molecule has 2 heterocycles. The van der Waals surface area contributed by atoms with Gasteiger partial charge < -0.3 is 36.1 Å². The van der Waals surface area contributed by atoms with Gasteiger partial charge in [-0.15, -0.1) is 0 Å². The lowest BCUT2D eigenvalue weighted by atomic mass is 10.1. The first-order valence-electron chi connectivity index (χ1n) is 12.4. The van der Waals surface area contributed by atoms with Crippen LogP contribution in [0.5, 0.6) is 28.9 Å². The van der Waals surface area contributed by atoms with Crippen molar-refractivity contribution in [2.75, 3.05) is 20.1 Å². The number of nitrogens with two attached hydrogens (primary N) is 2. The summed E-state index contributed by atoms with van der Waals surface area (Å²) in [6.07, 6.45) is 0.664. The summed E-state index contributed by atoms with van der Waals surface area (Å²) in [5.41, 5.74) is 11.7. The molecule has 0 saturated heterocycles. The van der Waals surface area contributed by atoms with Gasteiger partial charge in [-0.3, -0.25) is 19.4 Å². The summed E-state index contributed by atoms with van der Waals surface area (Å²) in [4.78, 5) is 21.5. The Hall–Kier alpha value is -4.63. The first-order valence-corrected chi connectivity index (χ1v) is 13.5. The Balaban J connectivity index is 1.75. The third-order valence-electron chi connectivity index (χ3n) is 6.55. The lowest BCUT2D eigenvalue weighted by Crippen LogP contribution is -2.51. The molecule has 0 saturated carbocycles. The monoisotopic (exact) mass is 602 g/mol. The van der Waals surface area contributed by atoms with E-state index >= 15 is 4.39 Å². The van der Waals surface area contributed by atoms with Crippen LogP contribution in [0.4, 0.5) is 8.78 Å². The minimum Gasteiger partial charge on any atom is -0.504 e. The number of hydrogen-bond acceptors (Lipinski definition) is 10. The Bertz CT molecular complexity index is 1630. The number of benzene rings is 2. The van der Waals surface area contributed by atoms with E-state index in [9.17, 15) is 23.6 Å². The van der Waals surface area contributed by atoms with E-state index in [1.807, 2.05) is 0 Å². The molecule has 7 N–H and O–H groups in total. The van der Waals surface area contributed by atoms with Crippen LogP contribution in [0.15, 0.2) is 52.5 Å². The Morgan fingerprint density at radius 2 is 1.90 bits per heavy atom. The van der Waals surface area contributed by atoms with Crippen LogP contribution >= 0.6 is 0 Å². The molecule has 0 fully saturated rings. The molecule has 1 aliphatic heterocycles. The van der Waals surface area contributed by atoms with Gasteiger partial charge in [-0.1, -0.05) is 0 Å². The zero-order chi connectivity index (χ0) is 30.9. The highest BCUT2D eigenvalue weighted by Gasteiger charge is 2.39. The largest absolute Gasteiger partial charge is 0.504 e. The Kier molecular flexibility index (Phi) is 8.45. The highest BCUT2D eigenvalue weighted by molar-refractivity contribution is 7.86. The predicted molar refractivity (Wildman–Crippen MR) is 150 cm³/mol. The molecule has 2 atom stereocenters. The molecule has 1 aliphatic rings. The molecule has 2 aromatic carbocycles. The molecule has 0 aliphatic carbocycles. The maximum atomic E-state index is 15.5. The normalized spacial score (nSPS) is 14.7. The van der Waals surface area contributed by atoms with Crippen LogP contribution in [-0.4, -0.2) is 72.9 Å². The van der Waals surface area contributed by atoms with E-state index in [1.54, 1.807) is 11.9 Å². The molecular formula is C27H28F2N6O6S. The van der Waals surface area contributed by atoms with Crippen molar-refractivity contribution >= 4 is 28.4 Å². The standard InChI is InChI=1S/C27H28F2N6O6S/c1-27(2,22(30)26(37)38)42(39)14-5-7-18(15(11-14)24-33-8-9-35(24)3)40-21-16(28)12-34-25(20(21)29)41-19-10-13(23(31)32)4-6-17(19)36/h4-7,10-12,22,36H,8-9,30H2,1-3H3,(H3,31,32)(H,37,38). The fourth-order valence-corrected chi connectivity index (χ4v) is 5.36. The van der Waals surface area contributed by atoms with Gasteiger partial charge in [0, 0.05) is 24.1 Å². The number of aliphatic carboxylic acids is 1. The van der Waals surface area contributed by atoms with Crippen LogP contribution < -0.4 is 20.9 Å². The van der Waals surface area contributed by atoms with E-state index in [2.05, 4.69) is 9.98 Å². The van der Waals surface area contributed by atoms with Crippen molar-refractivity contribution in [3.05, 3.63) is 65.4 Å². The molecule has 4 rings (SSSR count). The number of halogens is 2. The quantitative estimate of drug-likeness (QED) is 0.170. The van der Waals surface area contributed by atoms with Crippen molar-refractivity contribution in [3.63, 3.8) is 0 Å². The summed E-state index contributed by atoms with van der Waals surface area (Å²) in [5, 5.41) is 27.1. The van der Waals surface area contributed by atoms with Crippen molar-refractivity contribution in [3.8, 4) is 28.9 Å². The zero-order valence-corrected chi connectivity index (χ0v) is 23.5. The first kappa shape index (κ1) is 30.3. The minimum absolute atomic E-state index is 0.0556. The SMILES string of the molecule is CN1CCN=C1c1cc(S(=O)C(C)(C)C(N)C(=O)O)ccc1Oc1c(F)cnc(Oc2cc(C(=N)N)ccc2O)c1F. The third kappa shape index (κ3) is 5.87. The van der Waals surface area contributed by atoms with Gasteiger partial charge >= 0.3 is 5.97 Å². The van der Waals surface area contributed by atoms with Crippen molar-refractivity contribution in [1.29, 1.82) is 5.41 Å². The number of nitrogens with one attached hydrogen (secondary N) is 1. The lowest BCUT2D eigenvalue weighted by Gasteiger charge is -2.28. The molecule has 3 aromatic rings. The number of carboxylic acid groups (broad SMARTS) is 1. The van der Waals surface area contributed by atoms with E-state index in [4.69, 9.17) is 26.4 Å². The average molecular weight is 603 g/mol. The second-order valence-electron chi connectivity index (χ2n) is 9.83. The second kappa shape index (κ2) is 11.7. The maximum Gasteiger partial charge on any atom is 0.322 e. The van der Waals surface area contributed by atoms with Crippen molar-refractivity contribution in [2.24, 2.45) is 16.5 Å². The third-order valence-corrected chi connectivity index (χ3v) is 8.44. The van der Waals surface area contributed by atoms with E-state index in [1.165, 1.54) is 50.2 Å². The number of phenols is 1. The van der Waals surface area contributed by atoms with E-state index in [0.29, 0.717) is 25.1 Å². The van der Waals surface area contributed by atoms with Crippen molar-refractivity contribution in [2.45, 2.75) is 29.5 Å². The van der Waals surface area contributed by atoms with Crippen molar-refractivity contribution in [1.82, 2.24) is 9.88 Å². The molecular weight excluding hydrogens is 574 g/mol. The van der Waals surface area contributed by atoms with Gasteiger partial charge in [-0.25, -0.2) is 9.37 Å². The number of pyridine rings is 1. The van der Waals surface area contributed by atoms with E-state index in [-0.39, 0.29) is 33.4 Å². The fraction of sp³-hybridized carbons (Fsp3) is 0.259. The number of aliphatic imine (C=N–C) groups is 1. The maximum absolute atomic E-state index is 15.5. The number of nitrogens with zero attached hydrogens (tertiary/aromatic N) is 3. The molecule has 15 heteroatoms. The van der Waals surface area contributed by atoms with Crippen molar-refractivity contribution < 1.29 is 37.5 Å². The number of amidine groups is 2. The number of carboxylic acids is 1. The number of nitrogen functional groups attached to an aromatic ring is 1. The van der Waals surface area contributed by atoms with Gasteiger partial charge in [-0.05, 0) is 50.2 Å². The number of aromatic hydroxyl groups is 1. The van der Waals surface area contributed by atoms with Gasteiger partial charge in [0.2, 0.25) is 11.6 Å². The minimum atomic E-state index is -1.92. The number of hydrogen-bond donors (Lipinski definition) is 5. The summed E-state index contributed by atoms with van der Waals surface area (Å²) in [6.45, 7) is 3.87. The van der Waals surface area contributed by atoms with Crippen LogP contribution in [0.1, 0.15) is 25.0 Å². The highest BCUT2D eigenvalue weighted by Crippen LogP contribution is 2.38. The molecule has 42 heavy (non-hydrogen) atoms. The molecule has 0 bridgehead atoms. The summed E-state index contributed by atoms with van der Waals surface area (Å²) < 4.78 is 53.6. The summed E-state index contributed by atoms with van der Waals surface area (Å²) >= 11 is 0. The highest BCUT2D eigenvalue weighted by atomic mass is 32.2. The predicted octanol–water partition coefficient (Wildman–Crippen LogP) is 2.92. The van der Waals surface area contributed by atoms with Crippen LogP contribution in [-0.2, 0) is 15.6 Å². The number of ether oxygens (including phenoxy) is 2. The van der Waals surface area contributed by atoms with Gasteiger partial charge in [0.25, 0.3) is 5.88 Å². The summed E-state index contributed by atoms with van der Waals surface area (Å²) in [6, 6.07) is 6.44. The molecule has 0 spiro atoms. The average Bonchev–Trinajstić information content (AvgIpc) is 3.38. The van der Waals surface area contributed by atoms with Crippen LogP contribution in [0.2, 0.25) is 0 Å². The van der Waals surface area contributed by atoms with E-state index in [0.717, 1.165) is 0 Å². The topological polar surface area (TPSA) is 197 Å². The number of phenolic OH excluding ortho intramolecular Hbond substituents is 1. The second-order valence-corrected chi connectivity index (χ2v) is 11.9. The summed E-state index contributed by atoms with van der Waals surface area (Å²) in [5.74, 6) is -6.14. The zero-order valence-electron chi connectivity index (χ0n) is 22.7. The number of aromatic nitrogens is 1. The van der Waals surface area contributed by atoms with E-state index < -0.39 is 56.6 Å². The number of likely N-dealkylation sites (N-methyl/N-ethyl adjacent to an activating group) is 1. The molecule has 2 unspecified atom stereocenters. The van der Waals surface area contributed by atoms with Gasteiger partial charge in [0.15, 0.2) is 17.3 Å². The molecule has 0 amide bonds.